The SMILES string of the molecule is CC(=O)SCC(O)C(O)c1ccccc1NC(N)=S. The van der Waals surface area contributed by atoms with Gasteiger partial charge in [0.05, 0.1) is 6.10 Å². The standard InChI is InChI=1S/C12H16N2O3S2/c1-7(15)19-6-10(16)11(17)8-4-2-3-5-9(8)14-12(13)18/h2-5,10-11,16-17H,6H2,1H3,(H3,13,14,18). The van der Waals surface area contributed by atoms with Crippen LogP contribution in [0, 0.1) is 0 Å². The van der Waals surface area contributed by atoms with Crippen LogP contribution in [0.1, 0.15) is 18.6 Å². The molecule has 0 amide bonds. The molecule has 5 nitrogen and oxygen atoms in total. The normalized spacial score (nSPS) is 13.6. The van der Waals surface area contributed by atoms with Gasteiger partial charge in [0, 0.05) is 23.9 Å². The van der Waals surface area contributed by atoms with Crippen molar-refractivity contribution in [2.24, 2.45) is 5.73 Å². The van der Waals surface area contributed by atoms with Crippen molar-refractivity contribution in [3.8, 4) is 0 Å². The van der Waals surface area contributed by atoms with Crippen LogP contribution in [0.15, 0.2) is 24.3 Å². The van der Waals surface area contributed by atoms with Crippen molar-refractivity contribution in [2.45, 2.75) is 19.1 Å². The third-order valence-corrected chi connectivity index (χ3v) is 3.38. The van der Waals surface area contributed by atoms with E-state index in [0.29, 0.717) is 11.3 Å². The van der Waals surface area contributed by atoms with E-state index >= 15 is 0 Å². The average Bonchev–Trinajstić information content (AvgIpc) is 2.35. The highest BCUT2D eigenvalue weighted by Crippen LogP contribution is 2.26. The summed E-state index contributed by atoms with van der Waals surface area (Å²) < 4.78 is 0. The molecule has 1 aromatic rings. The van der Waals surface area contributed by atoms with Gasteiger partial charge in [-0.25, -0.2) is 0 Å². The van der Waals surface area contributed by atoms with E-state index in [-0.39, 0.29) is 16.0 Å². The van der Waals surface area contributed by atoms with Crippen LogP contribution in [0.25, 0.3) is 0 Å². The van der Waals surface area contributed by atoms with Gasteiger partial charge in [0.15, 0.2) is 10.2 Å². The minimum absolute atomic E-state index is 0.0762. The second-order valence-corrected chi connectivity index (χ2v) is 5.53. The van der Waals surface area contributed by atoms with Crippen LogP contribution in [0.3, 0.4) is 0 Å². The number of aliphatic hydroxyl groups is 2. The fourth-order valence-corrected chi connectivity index (χ4v) is 2.20. The molecule has 1 rings (SSSR count). The summed E-state index contributed by atoms with van der Waals surface area (Å²) in [5, 5.41) is 22.7. The molecule has 0 spiro atoms. The van der Waals surface area contributed by atoms with Crippen LogP contribution in [-0.4, -0.2) is 32.3 Å². The summed E-state index contributed by atoms with van der Waals surface area (Å²) in [6.07, 6.45) is -2.17. The fourth-order valence-electron chi connectivity index (χ4n) is 1.50. The van der Waals surface area contributed by atoms with Gasteiger partial charge in [0.2, 0.25) is 0 Å². The number of para-hydroxylation sites is 1. The van der Waals surface area contributed by atoms with Gasteiger partial charge in [-0.2, -0.15) is 0 Å². The molecule has 2 unspecified atom stereocenters. The van der Waals surface area contributed by atoms with E-state index in [1.807, 2.05) is 0 Å². The van der Waals surface area contributed by atoms with Crippen molar-refractivity contribution in [1.82, 2.24) is 0 Å². The molecular weight excluding hydrogens is 284 g/mol. The molecule has 0 bridgehead atoms. The summed E-state index contributed by atoms with van der Waals surface area (Å²) in [5.74, 6) is 0.123. The lowest BCUT2D eigenvalue weighted by Crippen LogP contribution is -2.25. The summed E-state index contributed by atoms with van der Waals surface area (Å²) in [4.78, 5) is 10.8. The predicted octanol–water partition coefficient (Wildman–Crippen LogP) is 1.02. The summed E-state index contributed by atoms with van der Waals surface area (Å²) in [6.45, 7) is 1.41. The maximum Gasteiger partial charge on any atom is 0.185 e. The number of nitrogens with one attached hydrogen (secondary N) is 1. The Bertz CT molecular complexity index is 468. The molecule has 0 radical (unpaired) electrons. The molecule has 1 aromatic carbocycles. The van der Waals surface area contributed by atoms with E-state index in [0.717, 1.165) is 11.8 Å². The second-order valence-electron chi connectivity index (χ2n) is 3.89. The highest BCUT2D eigenvalue weighted by Gasteiger charge is 2.21. The molecule has 0 aromatic heterocycles. The van der Waals surface area contributed by atoms with Gasteiger partial charge in [-0.3, -0.25) is 4.79 Å². The second kappa shape index (κ2) is 7.44. The maximum atomic E-state index is 10.8. The van der Waals surface area contributed by atoms with Crippen molar-refractivity contribution >= 4 is 39.9 Å². The highest BCUT2D eigenvalue weighted by molar-refractivity contribution is 8.13. The first-order chi connectivity index (χ1) is 8.91. The summed E-state index contributed by atoms with van der Waals surface area (Å²) in [6, 6.07) is 6.84. The third kappa shape index (κ3) is 5.15. The number of nitrogens with two attached hydrogens (primary N) is 1. The Kier molecular flexibility index (Phi) is 6.23. The maximum absolute atomic E-state index is 10.8. The molecule has 0 saturated heterocycles. The summed E-state index contributed by atoms with van der Waals surface area (Å²) in [5.41, 5.74) is 6.41. The fraction of sp³-hybridized carbons (Fsp3) is 0.333. The highest BCUT2D eigenvalue weighted by atomic mass is 32.2. The number of anilines is 1. The van der Waals surface area contributed by atoms with Crippen LogP contribution < -0.4 is 11.1 Å². The van der Waals surface area contributed by atoms with Gasteiger partial charge in [-0.15, -0.1) is 0 Å². The Morgan fingerprint density at radius 2 is 2.11 bits per heavy atom. The monoisotopic (exact) mass is 300 g/mol. The zero-order valence-corrected chi connectivity index (χ0v) is 12.0. The van der Waals surface area contributed by atoms with Crippen molar-refractivity contribution in [3.63, 3.8) is 0 Å². The number of rotatable bonds is 5. The van der Waals surface area contributed by atoms with Crippen molar-refractivity contribution in [2.75, 3.05) is 11.1 Å². The minimum atomic E-state index is -1.12. The molecule has 19 heavy (non-hydrogen) atoms. The molecule has 2 atom stereocenters. The van der Waals surface area contributed by atoms with Gasteiger partial charge in [-0.1, -0.05) is 30.0 Å². The van der Waals surface area contributed by atoms with Crippen LogP contribution in [-0.2, 0) is 4.79 Å². The topological polar surface area (TPSA) is 95.6 Å². The quantitative estimate of drug-likeness (QED) is 0.603. The Labute approximate surface area is 121 Å². The smallest absolute Gasteiger partial charge is 0.185 e. The number of carbonyl (C=O) groups is 1. The van der Waals surface area contributed by atoms with Crippen molar-refractivity contribution < 1.29 is 15.0 Å². The van der Waals surface area contributed by atoms with Gasteiger partial charge in [0.1, 0.15) is 6.10 Å². The number of hydrogen-bond acceptors (Lipinski definition) is 5. The zero-order chi connectivity index (χ0) is 14.4. The molecule has 7 heteroatoms. The molecule has 0 heterocycles. The molecule has 5 N–H and O–H groups in total. The van der Waals surface area contributed by atoms with Crippen LogP contribution >= 0.6 is 24.0 Å². The van der Waals surface area contributed by atoms with Crippen LogP contribution in [0.2, 0.25) is 0 Å². The van der Waals surface area contributed by atoms with E-state index in [4.69, 9.17) is 18.0 Å². The van der Waals surface area contributed by atoms with Crippen LogP contribution in [0.4, 0.5) is 5.69 Å². The van der Waals surface area contributed by atoms with Gasteiger partial charge in [0.25, 0.3) is 0 Å². The largest absolute Gasteiger partial charge is 0.389 e. The van der Waals surface area contributed by atoms with Gasteiger partial charge in [-0.05, 0) is 18.3 Å². The van der Waals surface area contributed by atoms with E-state index in [9.17, 15) is 15.0 Å². The lowest BCUT2D eigenvalue weighted by atomic mass is 10.0. The van der Waals surface area contributed by atoms with E-state index in [2.05, 4.69) is 5.32 Å². The van der Waals surface area contributed by atoms with Gasteiger partial charge < -0.3 is 21.3 Å². The molecule has 0 aliphatic heterocycles. The first-order valence-electron chi connectivity index (χ1n) is 5.56. The molecule has 0 aliphatic carbocycles. The molecular formula is C12H16N2O3S2. The van der Waals surface area contributed by atoms with Gasteiger partial charge >= 0.3 is 0 Å². The summed E-state index contributed by atoms with van der Waals surface area (Å²) in [7, 11) is 0. The number of thiocarbonyl (C=S) groups is 1. The molecule has 0 saturated carbocycles. The van der Waals surface area contributed by atoms with Crippen LogP contribution in [0.5, 0.6) is 0 Å². The Hall–Kier alpha value is -1.15. The number of hydrogen-bond donors (Lipinski definition) is 4. The lowest BCUT2D eigenvalue weighted by Gasteiger charge is -2.20. The van der Waals surface area contributed by atoms with Crippen molar-refractivity contribution in [1.29, 1.82) is 0 Å². The number of aliphatic hydroxyl groups excluding tert-OH is 2. The minimum Gasteiger partial charge on any atom is -0.389 e. The number of carbonyl (C=O) groups excluding carboxylic acids is 1. The molecule has 0 fully saturated rings. The van der Waals surface area contributed by atoms with E-state index in [1.165, 1.54) is 6.92 Å². The Morgan fingerprint density at radius 3 is 2.68 bits per heavy atom. The predicted molar refractivity (Wildman–Crippen MR) is 81.0 cm³/mol. The Morgan fingerprint density at radius 1 is 1.47 bits per heavy atom. The number of thioether (sulfide) groups is 1. The summed E-state index contributed by atoms with van der Waals surface area (Å²) >= 11 is 5.71. The first-order valence-corrected chi connectivity index (χ1v) is 6.96. The molecule has 104 valence electrons. The lowest BCUT2D eigenvalue weighted by molar-refractivity contribution is -0.109. The Balaban J connectivity index is 2.83. The zero-order valence-electron chi connectivity index (χ0n) is 10.4. The first kappa shape index (κ1) is 15.9. The van der Waals surface area contributed by atoms with Crippen molar-refractivity contribution in [3.05, 3.63) is 29.8 Å². The average molecular weight is 300 g/mol. The van der Waals surface area contributed by atoms with E-state index < -0.39 is 12.2 Å². The number of benzene rings is 1. The molecule has 0 aliphatic rings. The van der Waals surface area contributed by atoms with E-state index in [1.54, 1.807) is 24.3 Å². The third-order valence-electron chi connectivity index (χ3n) is 2.36.